The van der Waals surface area contributed by atoms with Gasteiger partial charge in [-0.1, -0.05) is 29.8 Å². The zero-order valence-electron chi connectivity index (χ0n) is 21.1. The molecule has 9 nitrogen and oxygen atoms in total. The van der Waals surface area contributed by atoms with Crippen molar-refractivity contribution in [2.24, 2.45) is 5.92 Å². The number of halogens is 4. The summed E-state index contributed by atoms with van der Waals surface area (Å²) in [6.07, 6.45) is 3.13. The van der Waals surface area contributed by atoms with Crippen molar-refractivity contribution in [3.63, 3.8) is 0 Å². The van der Waals surface area contributed by atoms with E-state index in [0.717, 1.165) is 0 Å². The van der Waals surface area contributed by atoms with Crippen molar-refractivity contribution in [3.05, 3.63) is 41.0 Å². The van der Waals surface area contributed by atoms with Crippen LogP contribution in [0.1, 0.15) is 6.42 Å². The number of fused-ring (bicyclic) bond motifs is 1. The number of rotatable bonds is 9. The zero-order chi connectivity index (χ0) is 27.9. The van der Waals surface area contributed by atoms with Gasteiger partial charge in [0.15, 0.2) is 11.6 Å². The molecule has 1 N–H and O–H groups in total. The molecule has 0 radical (unpaired) electrons. The van der Waals surface area contributed by atoms with E-state index in [9.17, 15) is 13.6 Å². The van der Waals surface area contributed by atoms with E-state index in [1.165, 1.54) is 25.2 Å². The number of aromatic nitrogens is 3. The van der Waals surface area contributed by atoms with Gasteiger partial charge in [-0.2, -0.15) is 0 Å². The van der Waals surface area contributed by atoms with Gasteiger partial charge < -0.3 is 24.4 Å². The van der Waals surface area contributed by atoms with Crippen molar-refractivity contribution in [1.82, 2.24) is 15.0 Å². The Kier molecular flexibility index (Phi) is 7.49. The van der Waals surface area contributed by atoms with Gasteiger partial charge in [-0.3, -0.25) is 4.79 Å². The first kappa shape index (κ1) is 27.3. The van der Waals surface area contributed by atoms with Crippen LogP contribution in [0, 0.1) is 5.92 Å². The molecular weight excluding hydrogens is 555 g/mol. The lowest BCUT2D eigenvalue weighted by Crippen LogP contribution is -2.56. The second kappa shape index (κ2) is 10.7. The van der Waals surface area contributed by atoms with Crippen molar-refractivity contribution in [1.29, 1.82) is 0 Å². The standard InChI is InChI=1S/C26H25Cl2F2N5O4/c1-4-15(36)5-14-9-39-10-17(14)33-25-31-8-13-6-16(20-21(27)18(37-2)7-19(38-3)22(20)28)32-24(23(13)34-25)35-11-26(29,30)12-35/h4,6-8,14,17H,1,5,9-12H2,2-3H3,(H,31,33,34)/t14-,17+/m0/s1. The molecule has 4 heterocycles. The molecule has 2 atom stereocenters. The average Bonchev–Trinajstić information content (AvgIpc) is 3.33. The van der Waals surface area contributed by atoms with Crippen LogP contribution in [0.3, 0.4) is 0 Å². The minimum Gasteiger partial charge on any atom is -0.495 e. The van der Waals surface area contributed by atoms with Gasteiger partial charge in [0.05, 0.1) is 62.3 Å². The molecule has 13 heteroatoms. The fourth-order valence-electron chi connectivity index (χ4n) is 4.68. The Morgan fingerprint density at radius 1 is 1.21 bits per heavy atom. The molecule has 39 heavy (non-hydrogen) atoms. The second-order valence-electron chi connectivity index (χ2n) is 9.38. The molecule has 0 spiro atoms. The Bertz CT molecular complexity index is 1420. The largest absolute Gasteiger partial charge is 0.495 e. The maximum absolute atomic E-state index is 13.9. The number of hydrogen-bond donors (Lipinski definition) is 1. The number of nitrogens with one attached hydrogen (secondary N) is 1. The molecule has 2 aromatic heterocycles. The van der Waals surface area contributed by atoms with E-state index < -0.39 is 19.0 Å². The first-order valence-electron chi connectivity index (χ1n) is 12.0. The van der Waals surface area contributed by atoms with Crippen LogP contribution in [0.15, 0.2) is 31.0 Å². The summed E-state index contributed by atoms with van der Waals surface area (Å²) in [5, 5.41) is 4.14. The third-order valence-corrected chi connectivity index (χ3v) is 7.48. The number of pyridine rings is 1. The number of hydrogen-bond acceptors (Lipinski definition) is 9. The Hall–Kier alpha value is -3.28. The minimum absolute atomic E-state index is 0.0825. The van der Waals surface area contributed by atoms with Crippen LogP contribution in [0.5, 0.6) is 11.5 Å². The summed E-state index contributed by atoms with van der Waals surface area (Å²) in [4.78, 5) is 27.1. The Balaban J connectivity index is 1.58. The van der Waals surface area contributed by atoms with E-state index in [4.69, 9.17) is 37.4 Å². The lowest BCUT2D eigenvalue weighted by Gasteiger charge is -2.39. The fourth-order valence-corrected chi connectivity index (χ4v) is 5.37. The van der Waals surface area contributed by atoms with Gasteiger partial charge in [0.2, 0.25) is 5.95 Å². The van der Waals surface area contributed by atoms with Crippen LogP contribution in [-0.2, 0) is 9.53 Å². The Morgan fingerprint density at radius 2 is 1.90 bits per heavy atom. The smallest absolute Gasteiger partial charge is 0.282 e. The van der Waals surface area contributed by atoms with Crippen molar-refractivity contribution in [2.75, 3.05) is 50.7 Å². The molecule has 0 aliphatic carbocycles. The van der Waals surface area contributed by atoms with E-state index in [1.54, 1.807) is 18.3 Å². The molecule has 0 bridgehead atoms. The minimum atomic E-state index is -2.85. The van der Waals surface area contributed by atoms with E-state index in [1.807, 2.05) is 0 Å². The topological polar surface area (TPSA) is 98.7 Å². The van der Waals surface area contributed by atoms with Gasteiger partial charge in [-0.05, 0) is 12.1 Å². The molecule has 5 rings (SSSR count). The van der Waals surface area contributed by atoms with Crippen LogP contribution >= 0.6 is 23.2 Å². The van der Waals surface area contributed by atoms with Crippen molar-refractivity contribution in [3.8, 4) is 22.8 Å². The lowest BCUT2D eigenvalue weighted by atomic mass is 9.97. The van der Waals surface area contributed by atoms with Crippen LogP contribution in [0.4, 0.5) is 20.5 Å². The van der Waals surface area contributed by atoms with E-state index in [0.29, 0.717) is 46.9 Å². The fraction of sp³-hybridized carbons (Fsp3) is 0.385. The monoisotopic (exact) mass is 579 g/mol. The third kappa shape index (κ3) is 5.30. The molecule has 2 saturated heterocycles. The van der Waals surface area contributed by atoms with Gasteiger partial charge in [0, 0.05) is 35.6 Å². The van der Waals surface area contributed by atoms with Crippen molar-refractivity contribution >= 4 is 51.7 Å². The molecule has 3 aromatic rings. The first-order valence-corrected chi connectivity index (χ1v) is 12.8. The SMILES string of the molecule is C=CC(=O)C[C@H]1COC[C@H]1Nc1ncc2cc(-c3c(Cl)c(OC)cc(OC)c3Cl)nc(N3CC(F)(F)C3)c2n1. The van der Waals surface area contributed by atoms with E-state index >= 15 is 0 Å². The Morgan fingerprint density at radius 3 is 2.51 bits per heavy atom. The predicted molar refractivity (Wildman–Crippen MR) is 145 cm³/mol. The summed E-state index contributed by atoms with van der Waals surface area (Å²) in [6.45, 7) is 3.27. The number of allylic oxidation sites excluding steroid dienone is 1. The van der Waals surface area contributed by atoms with Crippen LogP contribution < -0.4 is 19.7 Å². The third-order valence-electron chi connectivity index (χ3n) is 6.73. The molecule has 0 amide bonds. The molecular formula is C26H25Cl2F2N5O4. The number of anilines is 2. The second-order valence-corrected chi connectivity index (χ2v) is 10.1. The highest BCUT2D eigenvalue weighted by molar-refractivity contribution is 6.41. The molecule has 1 aromatic carbocycles. The maximum Gasteiger partial charge on any atom is 0.282 e. The van der Waals surface area contributed by atoms with E-state index in [-0.39, 0.29) is 46.0 Å². The van der Waals surface area contributed by atoms with Gasteiger partial charge >= 0.3 is 0 Å². The maximum atomic E-state index is 13.9. The summed E-state index contributed by atoms with van der Waals surface area (Å²) < 4.78 is 44.1. The number of benzene rings is 1. The number of ketones is 1. The average molecular weight is 580 g/mol. The number of carbonyl (C=O) groups is 1. The highest BCUT2D eigenvalue weighted by Crippen LogP contribution is 2.47. The van der Waals surface area contributed by atoms with Gasteiger partial charge in [-0.15, -0.1) is 0 Å². The quantitative estimate of drug-likeness (QED) is 0.349. The highest BCUT2D eigenvalue weighted by atomic mass is 35.5. The van der Waals surface area contributed by atoms with Crippen LogP contribution in [-0.4, -0.2) is 73.2 Å². The Labute approximate surface area is 233 Å². The summed E-state index contributed by atoms with van der Waals surface area (Å²) in [7, 11) is 2.91. The molecule has 206 valence electrons. The summed E-state index contributed by atoms with van der Waals surface area (Å²) in [5.74, 6) is -1.90. The van der Waals surface area contributed by atoms with Crippen LogP contribution in [0.25, 0.3) is 22.2 Å². The molecule has 2 aliphatic heterocycles. The number of alkyl halides is 2. The zero-order valence-corrected chi connectivity index (χ0v) is 22.7. The van der Waals surface area contributed by atoms with Gasteiger partial charge in [-0.25, -0.2) is 23.7 Å². The summed E-state index contributed by atoms with van der Waals surface area (Å²) >= 11 is 13.2. The first-order chi connectivity index (χ1) is 18.6. The van der Waals surface area contributed by atoms with Gasteiger partial charge in [0.25, 0.3) is 5.92 Å². The molecule has 2 aliphatic rings. The number of carbonyl (C=O) groups excluding carboxylic acids is 1. The van der Waals surface area contributed by atoms with Crippen molar-refractivity contribution in [2.45, 2.75) is 18.4 Å². The van der Waals surface area contributed by atoms with Gasteiger partial charge in [0.1, 0.15) is 17.0 Å². The highest BCUT2D eigenvalue weighted by Gasteiger charge is 2.45. The number of methoxy groups -OCH3 is 2. The molecule has 2 fully saturated rings. The lowest BCUT2D eigenvalue weighted by molar-refractivity contribution is -0.115. The number of nitrogens with zero attached hydrogens (tertiary/aromatic N) is 4. The summed E-state index contributed by atoms with van der Waals surface area (Å²) in [5.41, 5.74) is 1.01. The predicted octanol–water partition coefficient (Wildman–Crippen LogP) is 5.04. The molecule has 0 saturated carbocycles. The van der Waals surface area contributed by atoms with Crippen LogP contribution in [0.2, 0.25) is 10.0 Å². The summed E-state index contributed by atoms with van der Waals surface area (Å²) in [6, 6.07) is 3.02. The van der Waals surface area contributed by atoms with Crippen molar-refractivity contribution < 1.29 is 27.8 Å². The van der Waals surface area contributed by atoms with E-state index in [2.05, 4.69) is 26.8 Å². The molecule has 0 unspecified atom stereocenters. The number of ether oxygens (including phenoxy) is 3. The normalized spacial score (nSPS) is 20.0.